The van der Waals surface area contributed by atoms with Gasteiger partial charge in [0.05, 0.1) is 0 Å². The van der Waals surface area contributed by atoms with Crippen LogP contribution in [0.25, 0.3) is 0 Å². The van der Waals surface area contributed by atoms with Crippen LogP contribution >= 0.6 is 12.4 Å². The standard InChI is InChI=1S/C12H17N.ClH/c1-9-5-7-11(8-6-9)12(13)10-3-2-4-10;/h5-8,10,12H,2-4,13H2,1H3;1H. The first kappa shape index (κ1) is 11.5. The van der Waals surface area contributed by atoms with Crippen LogP contribution in [-0.4, -0.2) is 0 Å². The molecular weight excluding hydrogens is 194 g/mol. The lowest BCUT2D eigenvalue weighted by molar-refractivity contribution is 0.264. The molecule has 0 aliphatic heterocycles. The average Bonchev–Trinajstić information content (AvgIpc) is 2.02. The lowest BCUT2D eigenvalue weighted by atomic mass is 9.77. The Morgan fingerprint density at radius 3 is 2.21 bits per heavy atom. The lowest BCUT2D eigenvalue weighted by Gasteiger charge is -2.31. The number of nitrogens with two attached hydrogens (primary N) is 1. The van der Waals surface area contributed by atoms with Crippen LogP contribution in [0.3, 0.4) is 0 Å². The van der Waals surface area contributed by atoms with Crippen LogP contribution < -0.4 is 5.73 Å². The topological polar surface area (TPSA) is 26.0 Å². The number of hydrogen-bond acceptors (Lipinski definition) is 1. The molecule has 0 amide bonds. The molecule has 1 fully saturated rings. The summed E-state index contributed by atoms with van der Waals surface area (Å²) in [7, 11) is 0. The van der Waals surface area contributed by atoms with Crippen molar-refractivity contribution in [3.05, 3.63) is 35.4 Å². The molecule has 0 spiro atoms. The Kier molecular flexibility index (Phi) is 3.97. The number of halogens is 1. The highest BCUT2D eigenvalue weighted by Gasteiger charge is 2.25. The molecule has 2 N–H and O–H groups in total. The predicted molar refractivity (Wildman–Crippen MR) is 62.7 cm³/mol. The molecule has 0 radical (unpaired) electrons. The van der Waals surface area contributed by atoms with Gasteiger partial charge in [0.2, 0.25) is 0 Å². The maximum Gasteiger partial charge on any atom is 0.0323 e. The number of rotatable bonds is 2. The molecule has 78 valence electrons. The smallest absolute Gasteiger partial charge is 0.0323 e. The van der Waals surface area contributed by atoms with E-state index in [9.17, 15) is 0 Å². The van der Waals surface area contributed by atoms with E-state index < -0.39 is 0 Å². The zero-order valence-corrected chi connectivity index (χ0v) is 9.39. The van der Waals surface area contributed by atoms with Crippen LogP contribution in [-0.2, 0) is 0 Å². The minimum atomic E-state index is 0. The van der Waals surface area contributed by atoms with Crippen molar-refractivity contribution in [3.8, 4) is 0 Å². The van der Waals surface area contributed by atoms with E-state index in [1.54, 1.807) is 0 Å². The molecule has 0 bridgehead atoms. The quantitative estimate of drug-likeness (QED) is 0.799. The first-order chi connectivity index (χ1) is 6.27. The van der Waals surface area contributed by atoms with Crippen molar-refractivity contribution in [3.63, 3.8) is 0 Å². The fourth-order valence-electron chi connectivity index (χ4n) is 1.86. The highest BCUT2D eigenvalue weighted by molar-refractivity contribution is 5.85. The van der Waals surface area contributed by atoms with Gasteiger partial charge in [0.1, 0.15) is 0 Å². The molecule has 1 aliphatic rings. The van der Waals surface area contributed by atoms with Crippen molar-refractivity contribution in [2.75, 3.05) is 0 Å². The first-order valence-electron chi connectivity index (χ1n) is 5.09. The third-order valence-corrected chi connectivity index (χ3v) is 3.12. The highest BCUT2D eigenvalue weighted by atomic mass is 35.5. The molecule has 1 aromatic rings. The minimum absolute atomic E-state index is 0. The highest BCUT2D eigenvalue weighted by Crippen LogP contribution is 2.35. The normalized spacial score (nSPS) is 18.1. The van der Waals surface area contributed by atoms with Crippen molar-refractivity contribution in [1.29, 1.82) is 0 Å². The van der Waals surface area contributed by atoms with Gasteiger partial charge < -0.3 is 5.73 Å². The second-order valence-electron chi connectivity index (χ2n) is 4.13. The summed E-state index contributed by atoms with van der Waals surface area (Å²) in [5.74, 6) is 0.739. The van der Waals surface area contributed by atoms with E-state index in [-0.39, 0.29) is 18.4 Å². The van der Waals surface area contributed by atoms with E-state index >= 15 is 0 Å². The zero-order valence-electron chi connectivity index (χ0n) is 8.57. The maximum absolute atomic E-state index is 6.15. The monoisotopic (exact) mass is 211 g/mol. The Balaban J connectivity index is 0.000000980. The van der Waals surface area contributed by atoms with Gasteiger partial charge >= 0.3 is 0 Å². The number of benzene rings is 1. The summed E-state index contributed by atoms with van der Waals surface area (Å²) in [5, 5.41) is 0. The minimum Gasteiger partial charge on any atom is -0.324 e. The van der Waals surface area contributed by atoms with E-state index in [0.29, 0.717) is 0 Å². The third-order valence-electron chi connectivity index (χ3n) is 3.12. The van der Waals surface area contributed by atoms with Crippen LogP contribution in [0.15, 0.2) is 24.3 Å². The van der Waals surface area contributed by atoms with Gasteiger partial charge in [0.15, 0.2) is 0 Å². The Morgan fingerprint density at radius 1 is 1.21 bits per heavy atom. The van der Waals surface area contributed by atoms with E-state index in [4.69, 9.17) is 5.73 Å². The van der Waals surface area contributed by atoms with Crippen molar-refractivity contribution in [2.45, 2.75) is 32.2 Å². The van der Waals surface area contributed by atoms with Gasteiger partial charge in [-0.1, -0.05) is 36.2 Å². The fraction of sp³-hybridized carbons (Fsp3) is 0.500. The van der Waals surface area contributed by atoms with Gasteiger partial charge in [0.25, 0.3) is 0 Å². The molecule has 14 heavy (non-hydrogen) atoms. The molecular formula is C12H18ClN. The maximum atomic E-state index is 6.15. The first-order valence-corrected chi connectivity index (χ1v) is 5.09. The summed E-state index contributed by atoms with van der Waals surface area (Å²) in [5.41, 5.74) is 8.76. The van der Waals surface area contributed by atoms with Crippen molar-refractivity contribution < 1.29 is 0 Å². The van der Waals surface area contributed by atoms with Gasteiger partial charge in [-0.15, -0.1) is 12.4 Å². The molecule has 2 rings (SSSR count). The predicted octanol–water partition coefficient (Wildman–Crippen LogP) is 3.22. The summed E-state index contributed by atoms with van der Waals surface area (Å²) < 4.78 is 0. The SMILES string of the molecule is Cc1ccc(C(N)C2CCC2)cc1.Cl. The second kappa shape index (κ2) is 4.81. The molecule has 2 heteroatoms. The average molecular weight is 212 g/mol. The number of hydrogen-bond donors (Lipinski definition) is 1. The summed E-state index contributed by atoms with van der Waals surface area (Å²) in [6.45, 7) is 2.11. The van der Waals surface area contributed by atoms with Crippen LogP contribution in [0.5, 0.6) is 0 Å². The fourth-order valence-corrected chi connectivity index (χ4v) is 1.86. The largest absolute Gasteiger partial charge is 0.324 e. The van der Waals surface area contributed by atoms with Crippen molar-refractivity contribution in [1.82, 2.24) is 0 Å². The van der Waals surface area contributed by atoms with Crippen LogP contribution in [0.2, 0.25) is 0 Å². The van der Waals surface area contributed by atoms with Gasteiger partial charge in [-0.05, 0) is 31.2 Å². The van der Waals surface area contributed by atoms with E-state index in [1.807, 2.05) is 0 Å². The van der Waals surface area contributed by atoms with Crippen LogP contribution in [0, 0.1) is 12.8 Å². The van der Waals surface area contributed by atoms with Crippen molar-refractivity contribution in [2.24, 2.45) is 11.7 Å². The Morgan fingerprint density at radius 2 is 1.79 bits per heavy atom. The molecule has 1 atom stereocenters. The molecule has 0 aromatic heterocycles. The third kappa shape index (κ3) is 2.28. The molecule has 1 saturated carbocycles. The molecule has 1 nitrogen and oxygen atoms in total. The van der Waals surface area contributed by atoms with Crippen molar-refractivity contribution >= 4 is 12.4 Å². The summed E-state index contributed by atoms with van der Waals surface area (Å²) in [6, 6.07) is 8.90. The zero-order chi connectivity index (χ0) is 9.26. The molecule has 1 aromatic carbocycles. The second-order valence-corrected chi connectivity index (χ2v) is 4.13. The summed E-state index contributed by atoms with van der Waals surface area (Å²) in [6.07, 6.45) is 3.99. The lowest BCUT2D eigenvalue weighted by Crippen LogP contribution is -2.26. The Labute approximate surface area is 92.1 Å². The Bertz CT molecular complexity index is 277. The molecule has 0 heterocycles. The van der Waals surface area contributed by atoms with Crippen LogP contribution in [0.1, 0.15) is 36.4 Å². The van der Waals surface area contributed by atoms with Gasteiger partial charge in [0, 0.05) is 6.04 Å². The molecule has 1 aliphatic carbocycles. The Hall–Kier alpha value is -0.530. The molecule has 1 unspecified atom stereocenters. The van der Waals surface area contributed by atoms with Gasteiger partial charge in [-0.3, -0.25) is 0 Å². The van der Waals surface area contributed by atoms with E-state index in [1.165, 1.54) is 30.4 Å². The van der Waals surface area contributed by atoms with Gasteiger partial charge in [-0.25, -0.2) is 0 Å². The van der Waals surface area contributed by atoms with Crippen LogP contribution in [0.4, 0.5) is 0 Å². The van der Waals surface area contributed by atoms with Gasteiger partial charge in [-0.2, -0.15) is 0 Å². The van der Waals surface area contributed by atoms with E-state index in [2.05, 4.69) is 31.2 Å². The van der Waals surface area contributed by atoms with E-state index in [0.717, 1.165) is 5.92 Å². The summed E-state index contributed by atoms with van der Waals surface area (Å²) >= 11 is 0. The summed E-state index contributed by atoms with van der Waals surface area (Å²) in [4.78, 5) is 0. The number of aryl methyl sites for hydroxylation is 1. The molecule has 0 saturated heterocycles.